The minimum absolute atomic E-state index is 0.651. The maximum atomic E-state index is 5.72. The minimum atomic E-state index is 0.651. The predicted molar refractivity (Wildman–Crippen MR) is 79.7 cm³/mol. The Morgan fingerprint density at radius 2 is 2.00 bits per heavy atom. The first-order chi connectivity index (χ1) is 8.78. The fourth-order valence-corrected chi connectivity index (χ4v) is 3.08. The van der Waals surface area contributed by atoms with E-state index in [1.807, 2.05) is 19.2 Å². The number of hydrogen-bond donors (Lipinski definition) is 1. The average Bonchev–Trinajstić information content (AvgIpc) is 2.78. The SMILES string of the molecule is CNCc1ccc(COCc2cccc(Br)c2)s1. The number of ether oxygens (including phenoxy) is 1. The fourth-order valence-electron chi connectivity index (χ4n) is 1.67. The number of benzene rings is 1. The van der Waals surface area contributed by atoms with Crippen molar-refractivity contribution in [1.82, 2.24) is 5.32 Å². The molecule has 1 aromatic heterocycles. The molecule has 0 aliphatic carbocycles. The second-order valence-corrected chi connectivity index (χ2v) is 6.19. The summed E-state index contributed by atoms with van der Waals surface area (Å²) in [5, 5.41) is 3.15. The van der Waals surface area contributed by atoms with Crippen molar-refractivity contribution in [1.29, 1.82) is 0 Å². The Kier molecular flexibility index (Phi) is 5.38. The normalized spacial score (nSPS) is 10.8. The Morgan fingerprint density at radius 3 is 2.78 bits per heavy atom. The largest absolute Gasteiger partial charge is 0.371 e. The van der Waals surface area contributed by atoms with Gasteiger partial charge in [-0.15, -0.1) is 11.3 Å². The maximum absolute atomic E-state index is 5.72. The molecule has 0 unspecified atom stereocenters. The summed E-state index contributed by atoms with van der Waals surface area (Å²) in [4.78, 5) is 2.62. The highest BCUT2D eigenvalue weighted by atomic mass is 79.9. The summed E-state index contributed by atoms with van der Waals surface area (Å²) in [5.74, 6) is 0. The Bertz CT molecular complexity index is 498. The molecule has 96 valence electrons. The molecule has 0 saturated heterocycles. The number of thiophene rings is 1. The van der Waals surface area contributed by atoms with Crippen LogP contribution in [0.1, 0.15) is 15.3 Å². The lowest BCUT2D eigenvalue weighted by molar-refractivity contribution is 0.109. The van der Waals surface area contributed by atoms with E-state index >= 15 is 0 Å². The molecule has 0 fully saturated rings. The van der Waals surface area contributed by atoms with Crippen LogP contribution in [0.15, 0.2) is 40.9 Å². The maximum Gasteiger partial charge on any atom is 0.0814 e. The van der Waals surface area contributed by atoms with Gasteiger partial charge in [-0.05, 0) is 36.9 Å². The fraction of sp³-hybridized carbons (Fsp3) is 0.286. The van der Waals surface area contributed by atoms with Crippen LogP contribution in [0, 0.1) is 0 Å². The van der Waals surface area contributed by atoms with Gasteiger partial charge in [0, 0.05) is 20.8 Å². The summed E-state index contributed by atoms with van der Waals surface area (Å²) in [6, 6.07) is 12.5. The van der Waals surface area contributed by atoms with Crippen LogP contribution in [0.3, 0.4) is 0 Å². The van der Waals surface area contributed by atoms with Crippen LogP contribution < -0.4 is 5.32 Å². The van der Waals surface area contributed by atoms with Gasteiger partial charge in [-0.3, -0.25) is 0 Å². The Morgan fingerprint density at radius 1 is 1.17 bits per heavy atom. The van der Waals surface area contributed by atoms with Gasteiger partial charge in [0.25, 0.3) is 0 Å². The molecule has 0 aliphatic rings. The summed E-state index contributed by atoms with van der Waals surface area (Å²) in [7, 11) is 1.96. The van der Waals surface area contributed by atoms with Gasteiger partial charge in [0.15, 0.2) is 0 Å². The van der Waals surface area contributed by atoms with Crippen molar-refractivity contribution in [2.24, 2.45) is 0 Å². The number of rotatable bonds is 6. The van der Waals surface area contributed by atoms with Gasteiger partial charge in [0.1, 0.15) is 0 Å². The molecule has 0 bridgehead atoms. The molecule has 0 spiro atoms. The molecule has 0 amide bonds. The highest BCUT2D eigenvalue weighted by Gasteiger charge is 2.00. The van der Waals surface area contributed by atoms with Crippen molar-refractivity contribution < 1.29 is 4.74 Å². The molecule has 2 nitrogen and oxygen atoms in total. The van der Waals surface area contributed by atoms with Gasteiger partial charge in [-0.1, -0.05) is 28.1 Å². The quantitative estimate of drug-likeness (QED) is 0.868. The zero-order valence-corrected chi connectivity index (χ0v) is 12.7. The molecule has 1 aromatic carbocycles. The molecular weight excluding hydrogens is 310 g/mol. The van der Waals surface area contributed by atoms with Crippen LogP contribution in [0.4, 0.5) is 0 Å². The van der Waals surface area contributed by atoms with Crippen LogP contribution in [-0.4, -0.2) is 7.05 Å². The van der Waals surface area contributed by atoms with Crippen molar-refractivity contribution in [3.63, 3.8) is 0 Å². The molecule has 2 aromatic rings. The van der Waals surface area contributed by atoms with Crippen LogP contribution in [-0.2, 0) is 24.5 Å². The van der Waals surface area contributed by atoms with E-state index in [-0.39, 0.29) is 0 Å². The third kappa shape index (κ3) is 4.21. The molecule has 0 radical (unpaired) electrons. The highest BCUT2D eigenvalue weighted by Crippen LogP contribution is 2.18. The minimum Gasteiger partial charge on any atom is -0.371 e. The van der Waals surface area contributed by atoms with E-state index in [4.69, 9.17) is 4.74 Å². The molecule has 0 atom stereocenters. The number of halogens is 1. The van der Waals surface area contributed by atoms with Gasteiger partial charge in [-0.2, -0.15) is 0 Å². The van der Waals surface area contributed by atoms with Gasteiger partial charge < -0.3 is 10.1 Å². The lowest BCUT2D eigenvalue weighted by Gasteiger charge is -2.03. The smallest absolute Gasteiger partial charge is 0.0814 e. The molecule has 1 heterocycles. The monoisotopic (exact) mass is 325 g/mol. The molecular formula is C14H16BrNOS. The molecule has 4 heteroatoms. The predicted octanol–water partition coefficient (Wildman–Crippen LogP) is 3.95. The van der Waals surface area contributed by atoms with E-state index in [0.717, 1.165) is 11.0 Å². The van der Waals surface area contributed by atoms with Gasteiger partial charge >= 0.3 is 0 Å². The Balaban J connectivity index is 1.81. The van der Waals surface area contributed by atoms with Crippen LogP contribution in [0.2, 0.25) is 0 Å². The molecule has 2 rings (SSSR count). The van der Waals surface area contributed by atoms with Crippen LogP contribution in [0.5, 0.6) is 0 Å². The first-order valence-electron chi connectivity index (χ1n) is 5.82. The molecule has 1 N–H and O–H groups in total. The van der Waals surface area contributed by atoms with E-state index in [1.165, 1.54) is 15.3 Å². The summed E-state index contributed by atoms with van der Waals surface area (Å²) < 4.78 is 6.81. The van der Waals surface area contributed by atoms with Crippen molar-refractivity contribution in [2.45, 2.75) is 19.8 Å². The third-order valence-corrected chi connectivity index (χ3v) is 4.02. The molecule has 0 saturated carbocycles. The third-order valence-electron chi connectivity index (χ3n) is 2.47. The van der Waals surface area contributed by atoms with E-state index in [0.29, 0.717) is 13.2 Å². The first kappa shape index (κ1) is 13.7. The zero-order valence-electron chi connectivity index (χ0n) is 10.3. The van der Waals surface area contributed by atoms with E-state index in [1.54, 1.807) is 11.3 Å². The summed E-state index contributed by atoms with van der Waals surface area (Å²) in [6.45, 7) is 2.26. The molecule has 0 aliphatic heterocycles. The Hall–Kier alpha value is -0.680. The zero-order chi connectivity index (χ0) is 12.8. The van der Waals surface area contributed by atoms with E-state index in [9.17, 15) is 0 Å². The van der Waals surface area contributed by atoms with Crippen LogP contribution >= 0.6 is 27.3 Å². The van der Waals surface area contributed by atoms with Crippen molar-refractivity contribution in [3.05, 3.63) is 56.2 Å². The second kappa shape index (κ2) is 7.04. The lowest BCUT2D eigenvalue weighted by Crippen LogP contribution is -2.02. The molecule has 18 heavy (non-hydrogen) atoms. The number of nitrogens with one attached hydrogen (secondary N) is 1. The Labute approximate surface area is 120 Å². The van der Waals surface area contributed by atoms with Gasteiger partial charge in [0.05, 0.1) is 13.2 Å². The highest BCUT2D eigenvalue weighted by molar-refractivity contribution is 9.10. The van der Waals surface area contributed by atoms with Crippen molar-refractivity contribution in [2.75, 3.05) is 7.05 Å². The standard InChI is InChI=1S/C14H16BrNOS/c1-16-8-13-5-6-14(18-13)10-17-9-11-3-2-4-12(15)7-11/h2-7,16H,8-10H2,1H3. The van der Waals surface area contributed by atoms with Crippen molar-refractivity contribution in [3.8, 4) is 0 Å². The first-order valence-corrected chi connectivity index (χ1v) is 7.43. The average molecular weight is 326 g/mol. The lowest BCUT2D eigenvalue weighted by atomic mass is 10.2. The van der Waals surface area contributed by atoms with Gasteiger partial charge in [0.2, 0.25) is 0 Å². The van der Waals surface area contributed by atoms with Gasteiger partial charge in [-0.25, -0.2) is 0 Å². The summed E-state index contributed by atoms with van der Waals surface area (Å²) >= 11 is 5.26. The van der Waals surface area contributed by atoms with Crippen LogP contribution in [0.25, 0.3) is 0 Å². The van der Waals surface area contributed by atoms with E-state index in [2.05, 4.69) is 45.5 Å². The number of hydrogen-bond acceptors (Lipinski definition) is 3. The van der Waals surface area contributed by atoms with Crippen molar-refractivity contribution >= 4 is 27.3 Å². The van der Waals surface area contributed by atoms with E-state index < -0.39 is 0 Å². The topological polar surface area (TPSA) is 21.3 Å². The summed E-state index contributed by atoms with van der Waals surface area (Å²) in [5.41, 5.74) is 1.19. The summed E-state index contributed by atoms with van der Waals surface area (Å²) in [6.07, 6.45) is 0. The second-order valence-electron chi connectivity index (χ2n) is 4.02.